The number of rotatable bonds is 9. The van der Waals surface area contributed by atoms with Gasteiger partial charge in [0.15, 0.2) is 11.1 Å². The van der Waals surface area contributed by atoms with Crippen LogP contribution in [0.3, 0.4) is 0 Å². The highest BCUT2D eigenvalue weighted by Gasteiger charge is 2.23. The fourth-order valence-corrected chi connectivity index (χ4v) is 5.04. The monoisotopic (exact) mass is 446 g/mol. The average Bonchev–Trinajstić information content (AvgIpc) is 3.47. The summed E-state index contributed by atoms with van der Waals surface area (Å²) in [5.41, 5.74) is 2.40. The molecule has 0 spiro atoms. The maximum atomic E-state index is 4.62. The second kappa shape index (κ2) is 11.0. The van der Waals surface area contributed by atoms with Gasteiger partial charge in [-0.2, -0.15) is 5.10 Å². The highest BCUT2D eigenvalue weighted by molar-refractivity contribution is 7.98. The summed E-state index contributed by atoms with van der Waals surface area (Å²) in [4.78, 5) is 6.64. The van der Waals surface area contributed by atoms with Crippen molar-refractivity contribution in [3.63, 3.8) is 0 Å². The predicted molar refractivity (Wildman–Crippen MR) is 128 cm³/mol. The Hall–Kier alpha value is -2.03. The first-order chi connectivity index (χ1) is 14.9. The molecular formula is C22H38N8S. The molecule has 31 heavy (non-hydrogen) atoms. The summed E-state index contributed by atoms with van der Waals surface area (Å²) in [5, 5.41) is 18.1. The SMILES string of the molecule is CN=C(NCCCc1nnc(SC)n1C1CCCC1)N(C)Cc1cn(C)nc1C(C)C. The molecule has 0 radical (unpaired) electrons. The maximum Gasteiger partial charge on any atom is 0.193 e. The molecular weight excluding hydrogens is 408 g/mol. The van der Waals surface area contributed by atoms with Crippen molar-refractivity contribution in [2.75, 3.05) is 26.9 Å². The first-order valence-electron chi connectivity index (χ1n) is 11.4. The summed E-state index contributed by atoms with van der Waals surface area (Å²) in [6, 6.07) is 0.578. The quantitative estimate of drug-likeness (QED) is 0.274. The van der Waals surface area contributed by atoms with Crippen LogP contribution >= 0.6 is 11.8 Å². The van der Waals surface area contributed by atoms with Gasteiger partial charge in [0.25, 0.3) is 0 Å². The topological polar surface area (TPSA) is 76.2 Å². The van der Waals surface area contributed by atoms with Crippen LogP contribution in [0, 0.1) is 0 Å². The molecule has 2 aromatic rings. The van der Waals surface area contributed by atoms with Gasteiger partial charge in [-0.05, 0) is 31.4 Å². The van der Waals surface area contributed by atoms with Gasteiger partial charge in [0.2, 0.25) is 0 Å². The van der Waals surface area contributed by atoms with Gasteiger partial charge >= 0.3 is 0 Å². The molecule has 0 unspecified atom stereocenters. The zero-order valence-electron chi connectivity index (χ0n) is 19.9. The molecule has 172 valence electrons. The van der Waals surface area contributed by atoms with Crippen LogP contribution in [0.1, 0.15) is 75.0 Å². The molecule has 0 aliphatic heterocycles. The van der Waals surface area contributed by atoms with Crippen molar-refractivity contribution in [3.05, 3.63) is 23.3 Å². The summed E-state index contributed by atoms with van der Waals surface area (Å²) in [7, 11) is 5.90. The van der Waals surface area contributed by atoms with Gasteiger partial charge in [-0.25, -0.2) is 0 Å². The van der Waals surface area contributed by atoms with Crippen molar-refractivity contribution in [2.24, 2.45) is 12.0 Å². The molecule has 1 N–H and O–H groups in total. The zero-order chi connectivity index (χ0) is 22.4. The normalized spacial score (nSPS) is 15.3. The number of aryl methyl sites for hydroxylation is 2. The Balaban J connectivity index is 1.53. The van der Waals surface area contributed by atoms with Gasteiger partial charge in [0, 0.05) is 58.5 Å². The second-order valence-corrected chi connectivity index (χ2v) is 9.49. The molecule has 2 aromatic heterocycles. The van der Waals surface area contributed by atoms with Crippen LogP contribution in [0.4, 0.5) is 0 Å². The number of nitrogens with zero attached hydrogens (tertiary/aromatic N) is 7. The molecule has 0 saturated heterocycles. The van der Waals surface area contributed by atoms with Crippen molar-refractivity contribution in [3.8, 4) is 0 Å². The number of aliphatic imine (C=N–C) groups is 1. The van der Waals surface area contributed by atoms with Crippen molar-refractivity contribution >= 4 is 17.7 Å². The molecule has 1 aliphatic carbocycles. The van der Waals surface area contributed by atoms with Crippen LogP contribution in [0.25, 0.3) is 0 Å². The van der Waals surface area contributed by atoms with Gasteiger partial charge in [-0.1, -0.05) is 38.5 Å². The second-order valence-electron chi connectivity index (χ2n) is 8.71. The Labute approximate surface area is 190 Å². The standard InChI is InChI=1S/C22H38N8S/c1-16(2)20-17(15-29(5)27-20)14-28(4)21(23-3)24-13-9-12-19-25-26-22(31-6)30(19)18-10-7-8-11-18/h15-16,18H,7-14H2,1-6H3,(H,23,24). The summed E-state index contributed by atoms with van der Waals surface area (Å²) in [5.74, 6) is 2.43. The minimum Gasteiger partial charge on any atom is -0.356 e. The lowest BCUT2D eigenvalue weighted by Gasteiger charge is -2.22. The maximum absolute atomic E-state index is 4.62. The zero-order valence-corrected chi connectivity index (χ0v) is 20.7. The third-order valence-corrected chi connectivity index (χ3v) is 6.58. The minimum absolute atomic E-state index is 0.406. The third kappa shape index (κ3) is 5.81. The van der Waals surface area contributed by atoms with Crippen LogP contribution in [0.2, 0.25) is 0 Å². The van der Waals surface area contributed by atoms with Crippen LogP contribution in [-0.2, 0) is 20.0 Å². The van der Waals surface area contributed by atoms with Gasteiger partial charge in [0.05, 0.1) is 5.69 Å². The summed E-state index contributed by atoms with van der Waals surface area (Å²) >= 11 is 1.70. The number of aromatic nitrogens is 5. The highest BCUT2D eigenvalue weighted by Crippen LogP contribution is 2.33. The Morgan fingerprint density at radius 3 is 2.71 bits per heavy atom. The molecule has 0 amide bonds. The lowest BCUT2D eigenvalue weighted by Crippen LogP contribution is -2.39. The van der Waals surface area contributed by atoms with Crippen molar-refractivity contribution in [2.45, 2.75) is 76.0 Å². The molecule has 0 aromatic carbocycles. The first kappa shape index (κ1) is 23.6. The van der Waals surface area contributed by atoms with E-state index in [2.05, 4.69) is 68.4 Å². The summed E-state index contributed by atoms with van der Waals surface area (Å²) < 4.78 is 4.30. The van der Waals surface area contributed by atoms with E-state index in [1.807, 2.05) is 18.8 Å². The molecule has 1 aliphatic rings. The lowest BCUT2D eigenvalue weighted by atomic mass is 10.1. The van der Waals surface area contributed by atoms with E-state index in [0.29, 0.717) is 12.0 Å². The Morgan fingerprint density at radius 2 is 2.06 bits per heavy atom. The van der Waals surface area contributed by atoms with Crippen molar-refractivity contribution in [1.82, 2.24) is 34.8 Å². The van der Waals surface area contributed by atoms with E-state index in [1.165, 1.54) is 31.2 Å². The summed E-state index contributed by atoms with van der Waals surface area (Å²) in [6.45, 7) is 6.01. The van der Waals surface area contributed by atoms with Crippen LogP contribution in [0.15, 0.2) is 16.3 Å². The van der Waals surface area contributed by atoms with Gasteiger partial charge in [-0.15, -0.1) is 10.2 Å². The number of nitrogens with one attached hydrogen (secondary N) is 1. The highest BCUT2D eigenvalue weighted by atomic mass is 32.2. The van der Waals surface area contributed by atoms with E-state index >= 15 is 0 Å². The van der Waals surface area contributed by atoms with E-state index in [9.17, 15) is 0 Å². The smallest absolute Gasteiger partial charge is 0.193 e. The number of thioether (sulfide) groups is 1. The van der Waals surface area contributed by atoms with Gasteiger partial charge in [-0.3, -0.25) is 9.67 Å². The molecule has 3 rings (SSSR count). The third-order valence-electron chi connectivity index (χ3n) is 5.93. The van der Waals surface area contributed by atoms with E-state index in [0.717, 1.165) is 48.6 Å². The van der Waals surface area contributed by atoms with Gasteiger partial charge < -0.3 is 14.8 Å². The fourth-order valence-electron chi connectivity index (χ4n) is 4.47. The van der Waals surface area contributed by atoms with E-state index in [1.54, 1.807) is 11.8 Å². The molecule has 2 heterocycles. The van der Waals surface area contributed by atoms with E-state index < -0.39 is 0 Å². The molecule has 1 fully saturated rings. The molecule has 8 nitrogen and oxygen atoms in total. The summed E-state index contributed by atoms with van der Waals surface area (Å²) in [6.07, 6.45) is 11.3. The van der Waals surface area contributed by atoms with E-state index in [-0.39, 0.29) is 0 Å². The lowest BCUT2D eigenvalue weighted by molar-refractivity contribution is 0.456. The minimum atomic E-state index is 0.406. The molecule has 9 heteroatoms. The van der Waals surface area contributed by atoms with Gasteiger partial charge in [0.1, 0.15) is 5.82 Å². The van der Waals surface area contributed by atoms with Crippen molar-refractivity contribution in [1.29, 1.82) is 0 Å². The van der Waals surface area contributed by atoms with Crippen LogP contribution in [-0.4, -0.2) is 62.3 Å². The number of guanidine groups is 1. The number of hydrogen-bond donors (Lipinski definition) is 1. The molecule has 0 bridgehead atoms. The average molecular weight is 447 g/mol. The Kier molecular flexibility index (Phi) is 8.40. The largest absolute Gasteiger partial charge is 0.356 e. The van der Waals surface area contributed by atoms with Crippen molar-refractivity contribution < 1.29 is 0 Å². The fraction of sp³-hybridized carbons (Fsp3) is 0.727. The first-order valence-corrected chi connectivity index (χ1v) is 12.6. The number of hydrogen-bond acceptors (Lipinski definition) is 5. The van der Waals surface area contributed by atoms with Crippen LogP contribution < -0.4 is 5.32 Å². The van der Waals surface area contributed by atoms with Crippen LogP contribution in [0.5, 0.6) is 0 Å². The molecule has 0 atom stereocenters. The molecule has 1 saturated carbocycles. The van der Waals surface area contributed by atoms with E-state index in [4.69, 9.17) is 0 Å². The predicted octanol–water partition coefficient (Wildman–Crippen LogP) is 3.61. The Morgan fingerprint density at radius 1 is 1.32 bits per heavy atom. The Bertz CT molecular complexity index is 863.